The van der Waals surface area contributed by atoms with Crippen molar-refractivity contribution in [3.8, 4) is 5.75 Å². The molecule has 0 aliphatic carbocycles. The van der Waals surface area contributed by atoms with Crippen LogP contribution in [0.3, 0.4) is 0 Å². The summed E-state index contributed by atoms with van der Waals surface area (Å²) in [5, 5.41) is 0.461. The highest BCUT2D eigenvalue weighted by molar-refractivity contribution is 6.29. The molecule has 4 heteroatoms. The summed E-state index contributed by atoms with van der Waals surface area (Å²) in [6.07, 6.45) is 1.57. The van der Waals surface area contributed by atoms with Crippen LogP contribution >= 0.6 is 11.6 Å². The van der Waals surface area contributed by atoms with E-state index in [2.05, 4.69) is 4.98 Å². The third-order valence-electron chi connectivity index (χ3n) is 1.21. The van der Waals surface area contributed by atoms with Crippen molar-refractivity contribution < 1.29 is 4.74 Å². The summed E-state index contributed by atoms with van der Waals surface area (Å²) in [5.74, 6) is 0.691. The predicted molar refractivity (Wildman–Crippen MR) is 48.4 cm³/mol. The van der Waals surface area contributed by atoms with Crippen LogP contribution in [0.2, 0.25) is 5.15 Å². The maximum absolute atomic E-state index is 5.58. The summed E-state index contributed by atoms with van der Waals surface area (Å²) in [6.45, 7) is 2.37. The van der Waals surface area contributed by atoms with Gasteiger partial charge >= 0.3 is 0 Å². The van der Waals surface area contributed by atoms with Gasteiger partial charge in [0.05, 0.1) is 6.20 Å². The lowest BCUT2D eigenvalue weighted by atomic mass is 10.4. The molecule has 0 unspecified atom stereocenters. The number of aromatic nitrogens is 1. The van der Waals surface area contributed by atoms with Crippen molar-refractivity contribution in [2.45, 2.75) is 13.0 Å². The van der Waals surface area contributed by atoms with Gasteiger partial charge < -0.3 is 10.5 Å². The third-order valence-corrected chi connectivity index (χ3v) is 1.44. The average Bonchev–Trinajstić information content (AvgIpc) is 2.03. The molecule has 2 N–H and O–H groups in total. The fraction of sp³-hybridized carbons (Fsp3) is 0.375. The van der Waals surface area contributed by atoms with Gasteiger partial charge in [0.15, 0.2) is 0 Å². The number of halogens is 1. The van der Waals surface area contributed by atoms with Gasteiger partial charge in [0, 0.05) is 6.04 Å². The van der Waals surface area contributed by atoms with E-state index in [1.165, 1.54) is 0 Å². The van der Waals surface area contributed by atoms with Gasteiger partial charge in [0.1, 0.15) is 17.5 Å². The SMILES string of the molecule is C[C@@H](N)COc1ccc(Cl)nc1. The quantitative estimate of drug-likeness (QED) is 0.728. The molecule has 66 valence electrons. The number of nitrogens with two attached hydrogens (primary N) is 1. The lowest BCUT2D eigenvalue weighted by Gasteiger charge is -2.07. The summed E-state index contributed by atoms with van der Waals surface area (Å²) in [4.78, 5) is 3.86. The van der Waals surface area contributed by atoms with Crippen molar-refractivity contribution >= 4 is 11.6 Å². The van der Waals surface area contributed by atoms with Crippen molar-refractivity contribution in [1.82, 2.24) is 4.98 Å². The molecular weight excluding hydrogens is 176 g/mol. The smallest absolute Gasteiger partial charge is 0.137 e. The maximum Gasteiger partial charge on any atom is 0.137 e. The van der Waals surface area contributed by atoms with E-state index in [0.29, 0.717) is 17.5 Å². The first-order chi connectivity index (χ1) is 5.68. The highest BCUT2D eigenvalue weighted by atomic mass is 35.5. The molecule has 0 aliphatic heterocycles. The highest BCUT2D eigenvalue weighted by Crippen LogP contribution is 2.11. The van der Waals surface area contributed by atoms with Crippen molar-refractivity contribution in [1.29, 1.82) is 0 Å². The first-order valence-electron chi connectivity index (χ1n) is 3.68. The van der Waals surface area contributed by atoms with E-state index in [-0.39, 0.29) is 6.04 Å². The van der Waals surface area contributed by atoms with Gasteiger partial charge in [-0.2, -0.15) is 0 Å². The van der Waals surface area contributed by atoms with Gasteiger partial charge in [-0.3, -0.25) is 0 Å². The predicted octanol–water partition coefficient (Wildman–Crippen LogP) is 1.46. The Kier molecular flexibility index (Phi) is 3.31. The summed E-state index contributed by atoms with van der Waals surface area (Å²) in [6, 6.07) is 3.47. The molecule has 0 radical (unpaired) electrons. The summed E-state index contributed by atoms with van der Waals surface area (Å²) < 4.78 is 5.28. The molecule has 0 spiro atoms. The molecule has 1 heterocycles. The average molecular weight is 187 g/mol. The van der Waals surface area contributed by atoms with E-state index >= 15 is 0 Å². The molecule has 12 heavy (non-hydrogen) atoms. The van der Waals surface area contributed by atoms with Crippen LogP contribution < -0.4 is 10.5 Å². The van der Waals surface area contributed by atoms with Crippen molar-refractivity contribution in [2.75, 3.05) is 6.61 Å². The second kappa shape index (κ2) is 4.28. The van der Waals surface area contributed by atoms with Crippen LogP contribution in [0.25, 0.3) is 0 Å². The van der Waals surface area contributed by atoms with Crippen LogP contribution in [0.1, 0.15) is 6.92 Å². The number of nitrogens with zero attached hydrogens (tertiary/aromatic N) is 1. The molecule has 0 aromatic carbocycles. The van der Waals surface area contributed by atoms with Gasteiger partial charge in [0.2, 0.25) is 0 Å². The zero-order chi connectivity index (χ0) is 8.97. The van der Waals surface area contributed by atoms with Crippen LogP contribution in [-0.2, 0) is 0 Å². The van der Waals surface area contributed by atoms with E-state index in [1.807, 2.05) is 6.92 Å². The lowest BCUT2D eigenvalue weighted by Crippen LogP contribution is -2.23. The molecule has 1 rings (SSSR count). The summed E-state index contributed by atoms with van der Waals surface area (Å²) >= 11 is 5.58. The van der Waals surface area contributed by atoms with Crippen molar-refractivity contribution in [2.24, 2.45) is 5.73 Å². The largest absolute Gasteiger partial charge is 0.490 e. The fourth-order valence-corrected chi connectivity index (χ4v) is 0.787. The van der Waals surface area contributed by atoms with E-state index in [4.69, 9.17) is 22.1 Å². The Labute approximate surface area is 76.5 Å². The first kappa shape index (κ1) is 9.29. The molecule has 0 saturated carbocycles. The van der Waals surface area contributed by atoms with Gasteiger partial charge in [0.25, 0.3) is 0 Å². The Hall–Kier alpha value is -0.800. The Balaban J connectivity index is 2.48. The number of rotatable bonds is 3. The van der Waals surface area contributed by atoms with E-state index < -0.39 is 0 Å². The van der Waals surface area contributed by atoms with Gasteiger partial charge in [-0.05, 0) is 19.1 Å². The molecule has 0 bridgehead atoms. The molecule has 0 aliphatic rings. The van der Waals surface area contributed by atoms with E-state index in [0.717, 1.165) is 0 Å². The topological polar surface area (TPSA) is 48.1 Å². The van der Waals surface area contributed by atoms with Crippen LogP contribution in [0.5, 0.6) is 5.75 Å². The summed E-state index contributed by atoms with van der Waals surface area (Å²) in [5.41, 5.74) is 5.50. The number of hydrogen-bond donors (Lipinski definition) is 1. The molecule has 1 aromatic heterocycles. The zero-order valence-corrected chi connectivity index (χ0v) is 7.58. The Morgan fingerprint density at radius 3 is 2.92 bits per heavy atom. The van der Waals surface area contributed by atoms with Crippen molar-refractivity contribution in [3.63, 3.8) is 0 Å². The monoisotopic (exact) mass is 186 g/mol. The second-order valence-electron chi connectivity index (χ2n) is 2.60. The van der Waals surface area contributed by atoms with Crippen molar-refractivity contribution in [3.05, 3.63) is 23.5 Å². The molecule has 3 nitrogen and oxygen atoms in total. The second-order valence-corrected chi connectivity index (χ2v) is 2.99. The first-order valence-corrected chi connectivity index (χ1v) is 4.06. The maximum atomic E-state index is 5.58. The van der Waals surface area contributed by atoms with E-state index in [9.17, 15) is 0 Å². The Bertz CT molecular complexity index is 235. The van der Waals surface area contributed by atoms with Gasteiger partial charge in [-0.25, -0.2) is 4.98 Å². The minimum Gasteiger partial charge on any atom is -0.490 e. The normalized spacial score (nSPS) is 12.6. The van der Waals surface area contributed by atoms with E-state index in [1.54, 1.807) is 18.3 Å². The summed E-state index contributed by atoms with van der Waals surface area (Å²) in [7, 11) is 0. The van der Waals surface area contributed by atoms with Gasteiger partial charge in [-0.1, -0.05) is 11.6 Å². The molecule has 0 fully saturated rings. The van der Waals surface area contributed by atoms with Crippen LogP contribution in [-0.4, -0.2) is 17.6 Å². The molecule has 1 atom stereocenters. The van der Waals surface area contributed by atoms with Crippen LogP contribution in [0.4, 0.5) is 0 Å². The molecule has 0 amide bonds. The van der Waals surface area contributed by atoms with Crippen LogP contribution in [0, 0.1) is 0 Å². The number of ether oxygens (including phenoxy) is 1. The zero-order valence-electron chi connectivity index (χ0n) is 6.83. The number of hydrogen-bond acceptors (Lipinski definition) is 3. The lowest BCUT2D eigenvalue weighted by molar-refractivity contribution is 0.295. The molecular formula is C8H11ClN2O. The fourth-order valence-electron chi connectivity index (χ4n) is 0.675. The third kappa shape index (κ3) is 3.07. The molecule has 0 saturated heterocycles. The van der Waals surface area contributed by atoms with Crippen LogP contribution in [0.15, 0.2) is 18.3 Å². The Morgan fingerprint density at radius 1 is 1.67 bits per heavy atom. The highest BCUT2D eigenvalue weighted by Gasteiger charge is 1.96. The Morgan fingerprint density at radius 2 is 2.42 bits per heavy atom. The number of pyridine rings is 1. The molecule has 1 aromatic rings. The minimum absolute atomic E-state index is 0.0284. The van der Waals surface area contributed by atoms with Gasteiger partial charge in [-0.15, -0.1) is 0 Å². The standard InChI is InChI=1S/C8H11ClN2O/c1-6(10)5-12-7-2-3-8(9)11-4-7/h2-4,6H,5,10H2,1H3/t6-/m1/s1. The minimum atomic E-state index is 0.0284.